The lowest BCUT2D eigenvalue weighted by Gasteiger charge is -2.25. The molecular formula is C24H29FO4. The molecule has 0 aromatic heterocycles. The van der Waals surface area contributed by atoms with Gasteiger partial charge in [0.2, 0.25) is 0 Å². The van der Waals surface area contributed by atoms with Crippen LogP contribution in [0.3, 0.4) is 0 Å². The first-order chi connectivity index (χ1) is 14.0. The minimum atomic E-state index is -0.746. The van der Waals surface area contributed by atoms with E-state index in [0.717, 1.165) is 19.3 Å². The first kappa shape index (κ1) is 21.3. The van der Waals surface area contributed by atoms with Crippen LogP contribution in [0.4, 0.5) is 4.39 Å². The van der Waals surface area contributed by atoms with Gasteiger partial charge < -0.3 is 14.9 Å². The molecule has 0 saturated heterocycles. The molecule has 5 atom stereocenters. The second-order valence-electron chi connectivity index (χ2n) is 7.90. The van der Waals surface area contributed by atoms with Crippen molar-refractivity contribution in [2.24, 2.45) is 23.7 Å². The number of rotatable bonds is 11. The third-order valence-corrected chi connectivity index (χ3v) is 5.81. The number of hydrogen-bond acceptors (Lipinski definition) is 3. The average molecular weight is 400 g/mol. The van der Waals surface area contributed by atoms with Crippen LogP contribution in [0.15, 0.2) is 60.7 Å². The van der Waals surface area contributed by atoms with Gasteiger partial charge in [-0.25, -0.2) is 4.39 Å². The monoisotopic (exact) mass is 400 g/mol. The Kier molecular flexibility index (Phi) is 7.64. The van der Waals surface area contributed by atoms with E-state index in [1.165, 1.54) is 12.1 Å². The van der Waals surface area contributed by atoms with Gasteiger partial charge in [0.25, 0.3) is 0 Å². The van der Waals surface area contributed by atoms with Crippen LogP contribution in [-0.2, 0) is 4.79 Å². The van der Waals surface area contributed by atoms with Crippen molar-refractivity contribution in [3.05, 3.63) is 66.5 Å². The Bertz CT molecular complexity index is 753. The first-order valence-electron chi connectivity index (χ1n) is 10.3. The number of unbranched alkanes of at least 4 members (excludes halogenated alkanes) is 1. The van der Waals surface area contributed by atoms with Crippen molar-refractivity contribution < 1.29 is 24.1 Å². The number of aliphatic hydroxyl groups excluding tert-OH is 1. The molecule has 0 aliphatic heterocycles. The van der Waals surface area contributed by atoms with Crippen LogP contribution in [0.25, 0.3) is 0 Å². The van der Waals surface area contributed by atoms with Crippen LogP contribution in [0.5, 0.6) is 5.75 Å². The minimum Gasteiger partial charge on any atom is -0.491 e. The van der Waals surface area contributed by atoms with E-state index in [-0.39, 0.29) is 18.8 Å². The zero-order chi connectivity index (χ0) is 20.6. The summed E-state index contributed by atoms with van der Waals surface area (Å²) in [7, 11) is 0. The van der Waals surface area contributed by atoms with Gasteiger partial charge in [0.05, 0.1) is 0 Å². The average Bonchev–Trinajstić information content (AvgIpc) is 3.30. The van der Waals surface area contributed by atoms with Gasteiger partial charge in [0.15, 0.2) is 0 Å². The minimum absolute atomic E-state index is 0.132. The van der Waals surface area contributed by atoms with Gasteiger partial charge in [0, 0.05) is 6.42 Å². The molecule has 29 heavy (non-hydrogen) atoms. The maximum atomic E-state index is 12.9. The van der Waals surface area contributed by atoms with E-state index in [2.05, 4.69) is 30.4 Å². The smallest absolute Gasteiger partial charge is 0.303 e. The lowest BCUT2D eigenvalue weighted by molar-refractivity contribution is -0.137. The number of benzene rings is 1. The molecule has 1 aromatic carbocycles. The largest absolute Gasteiger partial charge is 0.491 e. The van der Waals surface area contributed by atoms with E-state index >= 15 is 0 Å². The molecule has 0 radical (unpaired) electrons. The number of hydrogen-bond donors (Lipinski definition) is 2. The van der Waals surface area contributed by atoms with Crippen LogP contribution in [0.1, 0.15) is 32.1 Å². The summed E-state index contributed by atoms with van der Waals surface area (Å²) < 4.78 is 18.4. The normalized spacial score (nSPS) is 26.6. The van der Waals surface area contributed by atoms with Gasteiger partial charge in [-0.3, -0.25) is 4.79 Å². The highest BCUT2D eigenvalue weighted by atomic mass is 19.1. The maximum Gasteiger partial charge on any atom is 0.303 e. The summed E-state index contributed by atoms with van der Waals surface area (Å²) in [5, 5.41) is 18.9. The summed E-state index contributed by atoms with van der Waals surface area (Å²) in [6.07, 6.45) is 15.9. The van der Waals surface area contributed by atoms with Crippen LogP contribution < -0.4 is 4.74 Å². The van der Waals surface area contributed by atoms with Crippen molar-refractivity contribution in [3.8, 4) is 5.75 Å². The molecule has 0 spiro atoms. The first-order valence-corrected chi connectivity index (χ1v) is 10.3. The third kappa shape index (κ3) is 6.29. The third-order valence-electron chi connectivity index (χ3n) is 5.81. The number of aliphatic carboxylic acids is 1. The number of fused-ring (bicyclic) bond motifs is 2. The molecule has 3 rings (SSSR count). The van der Waals surface area contributed by atoms with Gasteiger partial charge in [-0.15, -0.1) is 0 Å². The van der Waals surface area contributed by atoms with Crippen molar-refractivity contribution in [2.45, 2.75) is 38.2 Å². The van der Waals surface area contributed by atoms with Gasteiger partial charge in [0.1, 0.15) is 24.3 Å². The Labute approximate surface area is 171 Å². The SMILES string of the molecule is O=C(O)CCC/C=C\C[C@@H]1C(/C=C/[C@@H](O)COc2ccc(F)cc2)[C@H]2C=C[C@@H]1C2. The predicted molar refractivity (Wildman–Crippen MR) is 110 cm³/mol. The zero-order valence-corrected chi connectivity index (χ0v) is 16.5. The van der Waals surface area contributed by atoms with E-state index in [9.17, 15) is 14.3 Å². The maximum absolute atomic E-state index is 12.9. The topological polar surface area (TPSA) is 66.8 Å². The van der Waals surface area contributed by atoms with Crippen molar-refractivity contribution in [1.29, 1.82) is 0 Å². The Morgan fingerprint density at radius 3 is 2.72 bits per heavy atom. The van der Waals surface area contributed by atoms with E-state index in [0.29, 0.717) is 35.8 Å². The number of carboxylic acid groups (broad SMARTS) is 1. The van der Waals surface area contributed by atoms with Gasteiger partial charge in [-0.05, 0) is 73.6 Å². The van der Waals surface area contributed by atoms with Gasteiger partial charge in [-0.2, -0.15) is 0 Å². The highest BCUT2D eigenvalue weighted by Gasteiger charge is 2.42. The van der Waals surface area contributed by atoms with Gasteiger partial charge >= 0.3 is 5.97 Å². The van der Waals surface area contributed by atoms with Crippen molar-refractivity contribution in [1.82, 2.24) is 0 Å². The lowest BCUT2D eigenvalue weighted by Crippen LogP contribution is -2.19. The van der Waals surface area contributed by atoms with Crippen LogP contribution in [0, 0.1) is 29.5 Å². The molecule has 1 fully saturated rings. The summed E-state index contributed by atoms with van der Waals surface area (Å²) in [5.74, 6) is 1.48. The number of halogens is 1. The van der Waals surface area contributed by atoms with Crippen LogP contribution in [0.2, 0.25) is 0 Å². The summed E-state index contributed by atoms with van der Waals surface area (Å²) >= 11 is 0. The molecule has 156 valence electrons. The fourth-order valence-corrected chi connectivity index (χ4v) is 4.35. The zero-order valence-electron chi connectivity index (χ0n) is 16.5. The van der Waals surface area contributed by atoms with Crippen molar-refractivity contribution in [3.63, 3.8) is 0 Å². The molecule has 2 aliphatic rings. The molecule has 0 amide bonds. The highest BCUT2D eigenvalue weighted by molar-refractivity contribution is 5.66. The molecule has 1 aromatic rings. The van der Waals surface area contributed by atoms with E-state index in [4.69, 9.17) is 9.84 Å². The van der Waals surface area contributed by atoms with Crippen molar-refractivity contribution in [2.75, 3.05) is 6.61 Å². The number of allylic oxidation sites excluding steroid dienone is 5. The fourth-order valence-electron chi connectivity index (χ4n) is 4.35. The summed E-state index contributed by atoms with van der Waals surface area (Å²) in [6, 6.07) is 5.76. The molecule has 2 N–H and O–H groups in total. The van der Waals surface area contributed by atoms with Gasteiger partial charge in [-0.1, -0.05) is 36.5 Å². The standard InChI is InChI=1S/C24H29FO4/c25-19-9-12-21(13-10-19)29-16-20(26)11-14-23-18-8-7-17(15-18)22(23)5-3-1-2-4-6-24(27)28/h1,3,7-14,17-18,20,22-23,26H,2,4-6,15-16H2,(H,27,28)/b3-1-,14-11+/t17-,18+,20-,22+,23?/m1/s1. The summed E-state index contributed by atoms with van der Waals surface area (Å²) in [4.78, 5) is 10.6. The quantitative estimate of drug-likeness (QED) is 0.415. The summed E-state index contributed by atoms with van der Waals surface area (Å²) in [5.41, 5.74) is 0. The Morgan fingerprint density at radius 2 is 1.97 bits per heavy atom. The van der Waals surface area contributed by atoms with Crippen molar-refractivity contribution >= 4 is 5.97 Å². The van der Waals surface area contributed by atoms with E-state index in [1.807, 2.05) is 6.08 Å². The number of ether oxygens (including phenoxy) is 1. The lowest BCUT2D eigenvalue weighted by atomic mass is 9.80. The van der Waals surface area contributed by atoms with Crippen LogP contribution in [-0.4, -0.2) is 28.9 Å². The Morgan fingerprint density at radius 1 is 1.21 bits per heavy atom. The predicted octanol–water partition coefficient (Wildman–Crippen LogP) is 4.76. The Balaban J connectivity index is 1.47. The second-order valence-corrected chi connectivity index (χ2v) is 7.90. The number of aliphatic hydroxyl groups is 1. The summed E-state index contributed by atoms with van der Waals surface area (Å²) in [6.45, 7) is 0.132. The molecule has 5 heteroatoms. The Hall–Kier alpha value is -2.40. The molecule has 0 heterocycles. The number of carboxylic acids is 1. The molecule has 4 nitrogen and oxygen atoms in total. The molecular weight excluding hydrogens is 371 g/mol. The highest BCUT2D eigenvalue weighted by Crippen LogP contribution is 2.50. The second kappa shape index (κ2) is 10.4. The molecule has 2 aliphatic carbocycles. The fraction of sp³-hybridized carbons (Fsp3) is 0.458. The number of carbonyl (C=O) groups is 1. The van der Waals surface area contributed by atoms with E-state index in [1.54, 1.807) is 12.1 Å². The van der Waals surface area contributed by atoms with E-state index < -0.39 is 12.1 Å². The molecule has 2 bridgehead atoms. The molecule has 1 saturated carbocycles. The van der Waals surface area contributed by atoms with Crippen LogP contribution >= 0.6 is 0 Å². The molecule has 1 unspecified atom stereocenters.